The van der Waals surface area contributed by atoms with Crippen LogP contribution in [0.4, 0.5) is 0 Å². The zero-order valence-electron chi connectivity index (χ0n) is 5.17. The molecule has 0 aliphatic rings. The van der Waals surface area contributed by atoms with Crippen molar-refractivity contribution in [1.82, 2.24) is 4.98 Å². The van der Waals surface area contributed by atoms with Gasteiger partial charge >= 0.3 is 4.96 Å². The Morgan fingerprint density at radius 1 is 1.70 bits per heavy atom. The Morgan fingerprint density at radius 2 is 2.60 bits per heavy atom. The standard InChI is InChI=1S/C6H5BrN2S/c7-3-5-4-9-1-2-10-6(9)8-5/h1-2,4H,3H2/p+1. The van der Waals surface area contributed by atoms with Gasteiger partial charge in [0.05, 0.1) is 5.33 Å². The summed E-state index contributed by atoms with van der Waals surface area (Å²) in [7, 11) is 0. The highest BCUT2D eigenvalue weighted by Gasteiger charge is 2.06. The molecule has 4 heteroatoms. The van der Waals surface area contributed by atoms with Gasteiger partial charge in [-0.25, -0.2) is 4.98 Å². The van der Waals surface area contributed by atoms with E-state index in [9.17, 15) is 0 Å². The fraction of sp³-hybridized carbons (Fsp3) is 0.167. The van der Waals surface area contributed by atoms with Gasteiger partial charge in [-0.1, -0.05) is 27.3 Å². The van der Waals surface area contributed by atoms with Crippen molar-refractivity contribution in [2.75, 3.05) is 0 Å². The first-order valence-electron chi connectivity index (χ1n) is 2.92. The number of hydrogen-bond acceptors (Lipinski definition) is 1. The number of H-pyrrole nitrogens is 1. The maximum Gasteiger partial charge on any atom is 0.343 e. The summed E-state index contributed by atoms with van der Waals surface area (Å²) in [6.45, 7) is 0. The molecule has 0 aliphatic carbocycles. The van der Waals surface area contributed by atoms with Crippen LogP contribution < -0.4 is 4.40 Å². The van der Waals surface area contributed by atoms with E-state index in [1.165, 1.54) is 10.7 Å². The summed E-state index contributed by atoms with van der Waals surface area (Å²) in [5, 5.41) is 2.95. The van der Waals surface area contributed by atoms with Crippen LogP contribution in [0.2, 0.25) is 0 Å². The number of halogens is 1. The molecule has 0 amide bonds. The van der Waals surface area contributed by atoms with Gasteiger partial charge in [-0.2, -0.15) is 4.40 Å². The number of rotatable bonds is 1. The Kier molecular flexibility index (Phi) is 1.50. The molecule has 0 atom stereocenters. The van der Waals surface area contributed by atoms with E-state index in [1.54, 1.807) is 11.3 Å². The summed E-state index contributed by atoms with van der Waals surface area (Å²) in [5.41, 5.74) is 1.21. The van der Waals surface area contributed by atoms with Gasteiger partial charge in [-0.05, 0) is 0 Å². The fourth-order valence-electron chi connectivity index (χ4n) is 0.890. The molecule has 0 fully saturated rings. The second-order valence-corrected chi connectivity index (χ2v) is 3.48. The molecule has 0 bridgehead atoms. The van der Waals surface area contributed by atoms with E-state index >= 15 is 0 Å². The number of alkyl halides is 1. The van der Waals surface area contributed by atoms with Crippen molar-refractivity contribution in [1.29, 1.82) is 0 Å². The van der Waals surface area contributed by atoms with Gasteiger partial charge in [0.25, 0.3) is 0 Å². The van der Waals surface area contributed by atoms with Gasteiger partial charge in [-0.3, -0.25) is 0 Å². The lowest BCUT2D eigenvalue weighted by Crippen LogP contribution is -2.11. The van der Waals surface area contributed by atoms with E-state index in [2.05, 4.69) is 36.9 Å². The number of aromatic nitrogens is 2. The number of fused-ring (bicyclic) bond motifs is 1. The van der Waals surface area contributed by atoms with Crippen LogP contribution in [0.3, 0.4) is 0 Å². The second-order valence-electron chi connectivity index (χ2n) is 2.03. The molecule has 0 saturated heterocycles. The van der Waals surface area contributed by atoms with Crippen LogP contribution in [0.1, 0.15) is 5.69 Å². The molecule has 2 nitrogen and oxygen atoms in total. The van der Waals surface area contributed by atoms with Crippen molar-refractivity contribution in [3.8, 4) is 0 Å². The average Bonchev–Trinajstić information content (AvgIpc) is 2.42. The van der Waals surface area contributed by atoms with Crippen LogP contribution in [0, 0.1) is 0 Å². The first kappa shape index (κ1) is 6.37. The second kappa shape index (κ2) is 2.36. The third kappa shape index (κ3) is 0.876. The Labute approximate surface area is 70.6 Å². The van der Waals surface area contributed by atoms with E-state index in [4.69, 9.17) is 0 Å². The van der Waals surface area contributed by atoms with E-state index in [1.807, 2.05) is 6.20 Å². The molecule has 2 rings (SSSR count). The number of hydrogen-bond donors (Lipinski definition) is 1. The maximum absolute atomic E-state index is 3.38. The van der Waals surface area contributed by atoms with Gasteiger partial charge in [0.2, 0.25) is 0 Å². The van der Waals surface area contributed by atoms with Crippen LogP contribution in [0.25, 0.3) is 4.96 Å². The van der Waals surface area contributed by atoms with Crippen molar-refractivity contribution in [3.63, 3.8) is 0 Å². The lowest BCUT2D eigenvalue weighted by Gasteiger charge is -1.72. The SMILES string of the molecule is BrCc1c[n+]2ccsc2[nH]1. The lowest BCUT2D eigenvalue weighted by atomic mass is 10.6. The lowest BCUT2D eigenvalue weighted by molar-refractivity contribution is -0.505. The molecule has 0 saturated carbocycles. The highest BCUT2D eigenvalue weighted by molar-refractivity contribution is 9.08. The van der Waals surface area contributed by atoms with Crippen molar-refractivity contribution in [2.45, 2.75) is 5.33 Å². The summed E-state index contributed by atoms with van der Waals surface area (Å²) in [6, 6.07) is 0. The first-order chi connectivity index (χ1) is 4.90. The minimum Gasteiger partial charge on any atom is -0.230 e. The molecule has 1 N–H and O–H groups in total. The quantitative estimate of drug-likeness (QED) is 0.555. The molecule has 0 aromatic carbocycles. The molecule has 0 unspecified atom stereocenters. The molecular weight excluding hydrogens is 212 g/mol. The average molecular weight is 218 g/mol. The molecule has 2 aromatic heterocycles. The van der Waals surface area contributed by atoms with Gasteiger partial charge < -0.3 is 0 Å². The van der Waals surface area contributed by atoms with E-state index in [-0.39, 0.29) is 0 Å². The summed E-state index contributed by atoms with van der Waals surface area (Å²) in [5.74, 6) is 0. The number of nitrogens with one attached hydrogen (secondary N) is 1. The molecule has 0 radical (unpaired) electrons. The van der Waals surface area contributed by atoms with Crippen LogP contribution in [-0.4, -0.2) is 4.98 Å². The zero-order chi connectivity index (χ0) is 6.97. The minimum absolute atomic E-state index is 0.890. The van der Waals surface area contributed by atoms with Crippen molar-refractivity contribution < 1.29 is 4.40 Å². The Hall–Kier alpha value is -0.350. The highest BCUT2D eigenvalue weighted by Crippen LogP contribution is 2.06. The van der Waals surface area contributed by atoms with Crippen LogP contribution in [0.15, 0.2) is 17.8 Å². The Balaban J connectivity index is 2.67. The van der Waals surface area contributed by atoms with Crippen molar-refractivity contribution in [2.24, 2.45) is 0 Å². The Bertz CT molecular complexity index is 309. The predicted octanol–water partition coefficient (Wildman–Crippen LogP) is 1.71. The van der Waals surface area contributed by atoms with Crippen molar-refractivity contribution in [3.05, 3.63) is 23.5 Å². The summed E-state index contributed by atoms with van der Waals surface area (Å²) in [6.07, 6.45) is 4.13. The molecule has 52 valence electrons. The van der Waals surface area contributed by atoms with Gasteiger partial charge in [0, 0.05) is 5.38 Å². The summed E-state index contributed by atoms with van der Waals surface area (Å²) >= 11 is 5.09. The molecule has 0 aliphatic heterocycles. The van der Waals surface area contributed by atoms with Crippen molar-refractivity contribution >= 4 is 32.2 Å². The number of nitrogens with zero attached hydrogens (tertiary/aromatic N) is 1. The van der Waals surface area contributed by atoms with Crippen LogP contribution in [-0.2, 0) is 5.33 Å². The first-order valence-corrected chi connectivity index (χ1v) is 4.92. The smallest absolute Gasteiger partial charge is 0.230 e. The molecular formula is C6H6BrN2S+. The number of aromatic amines is 1. The largest absolute Gasteiger partial charge is 0.343 e. The van der Waals surface area contributed by atoms with Crippen LogP contribution >= 0.6 is 27.3 Å². The molecule has 2 aromatic rings. The van der Waals surface area contributed by atoms with Gasteiger partial charge in [0.1, 0.15) is 12.4 Å². The molecule has 10 heavy (non-hydrogen) atoms. The van der Waals surface area contributed by atoms with Crippen LogP contribution in [0.5, 0.6) is 0 Å². The molecule has 2 heterocycles. The number of imidazole rings is 1. The fourth-order valence-corrected chi connectivity index (χ4v) is 1.92. The van der Waals surface area contributed by atoms with Gasteiger partial charge in [-0.15, -0.1) is 0 Å². The Morgan fingerprint density at radius 3 is 3.30 bits per heavy atom. The van der Waals surface area contributed by atoms with E-state index in [0.29, 0.717) is 0 Å². The topological polar surface area (TPSA) is 19.9 Å². The maximum atomic E-state index is 3.38. The highest BCUT2D eigenvalue weighted by atomic mass is 79.9. The van der Waals surface area contributed by atoms with E-state index in [0.717, 1.165) is 5.33 Å². The third-order valence-electron chi connectivity index (χ3n) is 1.34. The summed E-state index contributed by atoms with van der Waals surface area (Å²) < 4.78 is 2.08. The normalized spacial score (nSPS) is 10.9. The van der Waals surface area contributed by atoms with E-state index < -0.39 is 0 Å². The minimum atomic E-state index is 0.890. The monoisotopic (exact) mass is 217 g/mol. The number of thiazole rings is 1. The zero-order valence-corrected chi connectivity index (χ0v) is 7.58. The summed E-state index contributed by atoms with van der Waals surface area (Å²) in [4.78, 5) is 4.45. The van der Waals surface area contributed by atoms with Gasteiger partial charge in [0.15, 0.2) is 5.69 Å². The predicted molar refractivity (Wildman–Crippen MR) is 44.5 cm³/mol. The molecule has 0 spiro atoms. The third-order valence-corrected chi connectivity index (χ3v) is 2.74.